The van der Waals surface area contributed by atoms with Crippen LogP contribution in [0.1, 0.15) is 20.3 Å². The van der Waals surface area contributed by atoms with Crippen molar-refractivity contribution in [1.29, 1.82) is 0 Å². The fourth-order valence-electron chi connectivity index (χ4n) is 0.767. The maximum Gasteiger partial charge on any atom is 0.248 e. The normalized spacial score (nSPS) is 15.1. The van der Waals surface area contributed by atoms with E-state index in [0.717, 1.165) is 13.0 Å². The Hall–Kier alpha value is -0.220. The molecule has 0 saturated heterocycles. The first-order chi connectivity index (χ1) is 6.11. The zero-order valence-corrected chi connectivity index (χ0v) is 9.61. The molecule has 78 valence electrons. The SMILES string of the molecule is COC(C)C(=O)NCCC(C)SC. The number of carbonyl (C=O) groups is 1. The summed E-state index contributed by atoms with van der Waals surface area (Å²) in [7, 11) is 1.54. The summed E-state index contributed by atoms with van der Waals surface area (Å²) >= 11 is 1.81. The molecule has 2 atom stereocenters. The fourth-order valence-corrected chi connectivity index (χ4v) is 1.12. The van der Waals surface area contributed by atoms with Crippen LogP contribution in [-0.2, 0) is 9.53 Å². The molecule has 0 aromatic heterocycles. The van der Waals surface area contributed by atoms with Crippen molar-refractivity contribution in [2.75, 3.05) is 19.9 Å². The van der Waals surface area contributed by atoms with Gasteiger partial charge in [0.05, 0.1) is 0 Å². The van der Waals surface area contributed by atoms with E-state index in [2.05, 4.69) is 18.5 Å². The molecular weight excluding hydrogens is 186 g/mol. The van der Waals surface area contributed by atoms with Gasteiger partial charge in [-0.1, -0.05) is 6.92 Å². The van der Waals surface area contributed by atoms with Crippen molar-refractivity contribution in [2.45, 2.75) is 31.6 Å². The summed E-state index contributed by atoms with van der Waals surface area (Å²) in [6, 6.07) is 0. The molecule has 0 aliphatic rings. The molecule has 0 bridgehead atoms. The van der Waals surface area contributed by atoms with Gasteiger partial charge in [-0.25, -0.2) is 0 Å². The van der Waals surface area contributed by atoms with Gasteiger partial charge >= 0.3 is 0 Å². The van der Waals surface area contributed by atoms with Crippen LogP contribution in [0.15, 0.2) is 0 Å². The summed E-state index contributed by atoms with van der Waals surface area (Å²) in [5.74, 6) is -0.0317. The van der Waals surface area contributed by atoms with Gasteiger partial charge in [0, 0.05) is 18.9 Å². The van der Waals surface area contributed by atoms with Crippen LogP contribution < -0.4 is 5.32 Å². The molecule has 0 heterocycles. The summed E-state index contributed by atoms with van der Waals surface area (Å²) < 4.78 is 4.88. The topological polar surface area (TPSA) is 38.3 Å². The Morgan fingerprint density at radius 3 is 2.62 bits per heavy atom. The Bertz CT molecular complexity index is 153. The predicted octanol–water partition coefficient (Wildman–Crippen LogP) is 1.28. The Labute approximate surface area is 84.6 Å². The van der Waals surface area contributed by atoms with E-state index in [1.165, 1.54) is 7.11 Å². The third kappa shape index (κ3) is 5.93. The van der Waals surface area contributed by atoms with Gasteiger partial charge in [0.15, 0.2) is 0 Å². The van der Waals surface area contributed by atoms with E-state index < -0.39 is 0 Å². The predicted molar refractivity (Wildman–Crippen MR) is 57.1 cm³/mol. The molecule has 2 unspecified atom stereocenters. The number of thioether (sulfide) groups is 1. The van der Waals surface area contributed by atoms with E-state index in [9.17, 15) is 4.79 Å². The van der Waals surface area contributed by atoms with Gasteiger partial charge in [0.2, 0.25) is 5.91 Å². The Balaban J connectivity index is 3.47. The van der Waals surface area contributed by atoms with E-state index in [0.29, 0.717) is 5.25 Å². The first kappa shape index (κ1) is 12.8. The second-order valence-corrected chi connectivity index (χ2v) is 4.28. The molecule has 0 saturated carbocycles. The highest BCUT2D eigenvalue weighted by Crippen LogP contribution is 2.07. The summed E-state index contributed by atoms with van der Waals surface area (Å²) in [5.41, 5.74) is 0. The molecule has 13 heavy (non-hydrogen) atoms. The van der Waals surface area contributed by atoms with Crippen molar-refractivity contribution in [3.63, 3.8) is 0 Å². The molecule has 0 spiro atoms. The van der Waals surface area contributed by atoms with E-state index in [1.807, 2.05) is 11.8 Å². The number of hydrogen-bond acceptors (Lipinski definition) is 3. The minimum atomic E-state index is -0.343. The molecular formula is C9H19NO2S. The van der Waals surface area contributed by atoms with E-state index >= 15 is 0 Å². The van der Waals surface area contributed by atoms with Crippen LogP contribution in [0, 0.1) is 0 Å². The lowest BCUT2D eigenvalue weighted by Gasteiger charge is -2.12. The average Bonchev–Trinajstić information content (AvgIpc) is 2.15. The first-order valence-electron chi connectivity index (χ1n) is 4.45. The van der Waals surface area contributed by atoms with Crippen molar-refractivity contribution >= 4 is 17.7 Å². The molecule has 3 nitrogen and oxygen atoms in total. The van der Waals surface area contributed by atoms with Crippen LogP contribution in [0.2, 0.25) is 0 Å². The molecule has 0 rings (SSSR count). The molecule has 1 amide bonds. The van der Waals surface area contributed by atoms with Crippen LogP contribution in [-0.4, -0.2) is 37.2 Å². The van der Waals surface area contributed by atoms with Crippen molar-refractivity contribution in [1.82, 2.24) is 5.32 Å². The van der Waals surface area contributed by atoms with Crippen molar-refractivity contribution in [2.24, 2.45) is 0 Å². The number of nitrogens with one attached hydrogen (secondary N) is 1. The highest BCUT2D eigenvalue weighted by molar-refractivity contribution is 7.99. The van der Waals surface area contributed by atoms with Crippen molar-refractivity contribution in [3.8, 4) is 0 Å². The second kappa shape index (κ2) is 7.21. The first-order valence-corrected chi connectivity index (χ1v) is 5.74. The van der Waals surface area contributed by atoms with Gasteiger partial charge in [0.1, 0.15) is 6.10 Å². The Kier molecular flexibility index (Phi) is 7.09. The third-order valence-electron chi connectivity index (χ3n) is 1.98. The minimum absolute atomic E-state index is 0.0317. The zero-order valence-electron chi connectivity index (χ0n) is 8.79. The van der Waals surface area contributed by atoms with Crippen molar-refractivity contribution < 1.29 is 9.53 Å². The standard InChI is InChI=1S/C9H19NO2S/c1-7(13-4)5-6-10-9(11)8(2)12-3/h7-8H,5-6H2,1-4H3,(H,10,11). The molecule has 0 fully saturated rings. The van der Waals surface area contributed by atoms with Gasteiger partial charge in [-0.05, 0) is 19.6 Å². The Morgan fingerprint density at radius 2 is 2.15 bits per heavy atom. The lowest BCUT2D eigenvalue weighted by molar-refractivity contribution is -0.130. The Morgan fingerprint density at radius 1 is 1.54 bits per heavy atom. The number of amides is 1. The summed E-state index contributed by atoms with van der Waals surface area (Å²) in [6.45, 7) is 4.62. The van der Waals surface area contributed by atoms with Crippen molar-refractivity contribution in [3.05, 3.63) is 0 Å². The van der Waals surface area contributed by atoms with E-state index in [1.54, 1.807) is 6.92 Å². The monoisotopic (exact) mass is 205 g/mol. The lowest BCUT2D eigenvalue weighted by Crippen LogP contribution is -2.35. The molecule has 0 aromatic rings. The molecule has 0 aliphatic carbocycles. The van der Waals surface area contributed by atoms with Crippen LogP contribution in [0.25, 0.3) is 0 Å². The van der Waals surface area contributed by atoms with Crippen LogP contribution >= 0.6 is 11.8 Å². The fraction of sp³-hybridized carbons (Fsp3) is 0.889. The van der Waals surface area contributed by atoms with E-state index in [-0.39, 0.29) is 12.0 Å². The maximum atomic E-state index is 11.2. The van der Waals surface area contributed by atoms with E-state index in [4.69, 9.17) is 4.74 Å². The summed E-state index contributed by atoms with van der Waals surface area (Å²) in [5, 5.41) is 3.42. The number of rotatable bonds is 6. The largest absolute Gasteiger partial charge is 0.372 e. The number of ether oxygens (including phenoxy) is 1. The van der Waals surface area contributed by atoms with Crippen LogP contribution in [0.5, 0.6) is 0 Å². The highest BCUT2D eigenvalue weighted by atomic mass is 32.2. The van der Waals surface area contributed by atoms with Crippen LogP contribution in [0.3, 0.4) is 0 Å². The van der Waals surface area contributed by atoms with Crippen LogP contribution in [0.4, 0.5) is 0 Å². The number of methoxy groups -OCH3 is 1. The second-order valence-electron chi connectivity index (χ2n) is 3.00. The van der Waals surface area contributed by atoms with Gasteiger partial charge in [-0.2, -0.15) is 11.8 Å². The number of carbonyl (C=O) groups excluding carboxylic acids is 1. The zero-order chi connectivity index (χ0) is 10.3. The molecule has 4 heteroatoms. The van der Waals surface area contributed by atoms with Gasteiger partial charge in [0.25, 0.3) is 0 Å². The number of hydrogen-bond donors (Lipinski definition) is 1. The molecule has 0 aliphatic heterocycles. The highest BCUT2D eigenvalue weighted by Gasteiger charge is 2.10. The van der Waals surface area contributed by atoms with Gasteiger partial charge < -0.3 is 10.1 Å². The summed E-state index contributed by atoms with van der Waals surface area (Å²) in [6.07, 6.45) is 2.73. The average molecular weight is 205 g/mol. The molecule has 0 aromatic carbocycles. The molecule has 1 N–H and O–H groups in total. The molecule has 0 radical (unpaired) electrons. The van der Waals surface area contributed by atoms with Gasteiger partial charge in [-0.15, -0.1) is 0 Å². The maximum absolute atomic E-state index is 11.2. The quantitative estimate of drug-likeness (QED) is 0.710. The smallest absolute Gasteiger partial charge is 0.248 e. The minimum Gasteiger partial charge on any atom is -0.372 e. The third-order valence-corrected chi connectivity index (χ3v) is 3.02. The lowest BCUT2D eigenvalue weighted by atomic mass is 10.3. The van der Waals surface area contributed by atoms with Gasteiger partial charge in [-0.3, -0.25) is 4.79 Å². The summed E-state index contributed by atoms with van der Waals surface area (Å²) in [4.78, 5) is 11.2.